The Labute approximate surface area is 179 Å². The van der Waals surface area contributed by atoms with Crippen molar-refractivity contribution in [2.45, 2.75) is 12.8 Å². The molecule has 0 aromatic carbocycles. The lowest BCUT2D eigenvalue weighted by molar-refractivity contribution is -0.114. The molecule has 4 rings (SSSR count). The van der Waals surface area contributed by atoms with Crippen molar-refractivity contribution in [1.82, 2.24) is 9.97 Å². The summed E-state index contributed by atoms with van der Waals surface area (Å²) in [5, 5.41) is 11.3. The molecule has 2 aromatic rings. The summed E-state index contributed by atoms with van der Waals surface area (Å²) in [4.78, 5) is 25.2. The van der Waals surface area contributed by atoms with E-state index in [4.69, 9.17) is 5.41 Å². The summed E-state index contributed by atoms with van der Waals surface area (Å²) in [6.07, 6.45) is 8.97. The van der Waals surface area contributed by atoms with E-state index in [1.807, 2.05) is 12.1 Å². The third kappa shape index (κ3) is 3.81. The Balaban J connectivity index is 1.50. The van der Waals surface area contributed by atoms with Crippen molar-refractivity contribution in [3.05, 3.63) is 51.4 Å². The molecule has 0 aliphatic carbocycles. The van der Waals surface area contributed by atoms with E-state index >= 15 is 0 Å². The fourth-order valence-electron chi connectivity index (χ4n) is 3.32. The normalized spacial score (nSPS) is 18.4. The van der Waals surface area contributed by atoms with Crippen LogP contribution in [0.3, 0.4) is 0 Å². The number of hydrogen-bond donors (Lipinski definition) is 2. The van der Waals surface area contributed by atoms with Gasteiger partial charge in [0.15, 0.2) is 0 Å². The fraction of sp³-hybridized carbons (Fsp3) is 0.263. The predicted octanol–water partition coefficient (Wildman–Crippen LogP) is 3.96. The van der Waals surface area contributed by atoms with Crippen molar-refractivity contribution in [1.29, 1.82) is 5.41 Å². The summed E-state index contributed by atoms with van der Waals surface area (Å²) in [5.41, 5.74) is 2.01. The summed E-state index contributed by atoms with van der Waals surface area (Å²) < 4.78 is 1.70. The van der Waals surface area contributed by atoms with Gasteiger partial charge in [-0.3, -0.25) is 9.78 Å². The second-order valence-corrected chi connectivity index (χ2v) is 8.43. The van der Waals surface area contributed by atoms with Crippen molar-refractivity contribution in [2.75, 3.05) is 34.8 Å². The Bertz CT molecular complexity index is 971. The van der Waals surface area contributed by atoms with Gasteiger partial charge in [0, 0.05) is 30.0 Å². The first-order valence-electron chi connectivity index (χ1n) is 8.90. The van der Waals surface area contributed by atoms with Crippen molar-refractivity contribution in [3.63, 3.8) is 0 Å². The first-order valence-corrected chi connectivity index (χ1v) is 10.5. The fourth-order valence-corrected chi connectivity index (χ4v) is 4.27. The molecule has 2 aliphatic heterocycles. The van der Waals surface area contributed by atoms with E-state index in [0.717, 1.165) is 33.5 Å². The Morgan fingerprint density at radius 3 is 2.64 bits per heavy atom. The van der Waals surface area contributed by atoms with Gasteiger partial charge in [0.2, 0.25) is 0 Å². The first kappa shape index (κ1) is 19.1. The number of halogens is 2. The number of carbonyl (C=O) groups is 1. The topological polar surface area (TPSA) is 85.2 Å². The van der Waals surface area contributed by atoms with Crippen LogP contribution in [-0.4, -0.2) is 41.2 Å². The molecule has 2 saturated heterocycles. The van der Waals surface area contributed by atoms with Crippen LogP contribution in [-0.2, 0) is 4.79 Å². The predicted molar refractivity (Wildman–Crippen MR) is 117 cm³/mol. The van der Waals surface area contributed by atoms with E-state index in [9.17, 15) is 4.79 Å². The molecule has 7 nitrogen and oxygen atoms in total. The third-order valence-corrected chi connectivity index (χ3v) is 5.75. The Morgan fingerprint density at radius 1 is 1.14 bits per heavy atom. The Hall–Kier alpha value is -2.26. The highest BCUT2D eigenvalue weighted by Gasteiger charge is 2.32. The monoisotopic (exact) mass is 504 g/mol. The van der Waals surface area contributed by atoms with Gasteiger partial charge in [-0.2, -0.15) is 0 Å². The van der Waals surface area contributed by atoms with Gasteiger partial charge < -0.3 is 20.5 Å². The number of nitrogens with zero attached hydrogens (tertiary/aromatic N) is 4. The maximum Gasteiger partial charge on any atom is 0.262 e. The average molecular weight is 506 g/mol. The Morgan fingerprint density at radius 2 is 1.93 bits per heavy atom. The van der Waals surface area contributed by atoms with Crippen molar-refractivity contribution < 1.29 is 4.79 Å². The van der Waals surface area contributed by atoms with Gasteiger partial charge in [0.1, 0.15) is 5.82 Å². The molecule has 0 atom stereocenters. The van der Waals surface area contributed by atoms with Crippen molar-refractivity contribution in [3.8, 4) is 0 Å². The maximum absolute atomic E-state index is 12.7. The minimum Gasteiger partial charge on any atom is -0.360 e. The largest absolute Gasteiger partial charge is 0.360 e. The van der Waals surface area contributed by atoms with E-state index in [1.165, 1.54) is 17.7 Å². The Kier molecular flexibility index (Phi) is 5.45. The number of carbonyl (C=O) groups excluding carboxylic acids is 1. The smallest absolute Gasteiger partial charge is 0.262 e. The zero-order valence-corrected chi connectivity index (χ0v) is 18.1. The number of pyridine rings is 2. The summed E-state index contributed by atoms with van der Waals surface area (Å²) in [6, 6.07) is 3.75. The molecule has 2 aliphatic rings. The number of nitrogens with one attached hydrogen (secondary N) is 2. The van der Waals surface area contributed by atoms with Crippen LogP contribution in [0.15, 0.2) is 51.4 Å². The maximum atomic E-state index is 12.7. The van der Waals surface area contributed by atoms with Crippen molar-refractivity contribution in [2.24, 2.45) is 0 Å². The summed E-state index contributed by atoms with van der Waals surface area (Å²) >= 11 is 6.95. The molecule has 0 bridgehead atoms. The number of rotatable bonds is 4. The molecule has 0 saturated carbocycles. The molecule has 0 spiro atoms. The number of amides is 1. The molecular weight excluding hydrogens is 488 g/mol. The summed E-state index contributed by atoms with van der Waals surface area (Å²) in [5.74, 6) is 0.715. The van der Waals surface area contributed by atoms with E-state index < -0.39 is 0 Å². The van der Waals surface area contributed by atoms with E-state index in [-0.39, 0.29) is 18.2 Å². The molecule has 2 fully saturated rings. The second-order valence-electron chi connectivity index (χ2n) is 6.66. The standard InChI is InChI=1S/C19H18Br2N6O/c20-12-5-14(9-23-7-12)27-11-17(22)15(19(27)28)10-24-13-6-16(21)18(25-8-13)26-3-1-2-4-26/h5-10,22,24H,1-4,11H2/b15-10+,22-17?. The highest BCUT2D eigenvalue weighted by atomic mass is 79.9. The summed E-state index contributed by atoms with van der Waals surface area (Å²) in [7, 11) is 0. The minimum absolute atomic E-state index is 0.223. The molecule has 1 amide bonds. The van der Waals surface area contributed by atoms with Crippen LogP contribution in [0.25, 0.3) is 0 Å². The number of aromatic nitrogens is 2. The lowest BCUT2D eigenvalue weighted by atomic mass is 10.2. The summed E-state index contributed by atoms with van der Waals surface area (Å²) in [6.45, 7) is 2.27. The SMILES string of the molecule is N=C1CN(c2cncc(Br)c2)C(=O)/C1=C/Nc1cnc(N2CCCC2)c(Br)c1. The van der Waals surface area contributed by atoms with E-state index in [0.29, 0.717) is 11.3 Å². The molecule has 4 heterocycles. The van der Waals surface area contributed by atoms with Crippen LogP contribution >= 0.6 is 31.9 Å². The highest BCUT2D eigenvalue weighted by Crippen LogP contribution is 2.29. The van der Waals surface area contributed by atoms with E-state index in [1.54, 1.807) is 24.8 Å². The molecule has 28 heavy (non-hydrogen) atoms. The third-order valence-electron chi connectivity index (χ3n) is 4.73. The highest BCUT2D eigenvalue weighted by molar-refractivity contribution is 9.10. The van der Waals surface area contributed by atoms with E-state index in [2.05, 4.69) is 52.0 Å². The van der Waals surface area contributed by atoms with Gasteiger partial charge in [-0.25, -0.2) is 4.98 Å². The molecule has 9 heteroatoms. The average Bonchev–Trinajstić information content (AvgIpc) is 3.29. The van der Waals surface area contributed by atoms with Crippen LogP contribution in [0.2, 0.25) is 0 Å². The minimum atomic E-state index is -0.224. The van der Waals surface area contributed by atoms with Gasteiger partial charge >= 0.3 is 0 Å². The van der Waals surface area contributed by atoms with Gasteiger partial charge in [-0.05, 0) is 56.8 Å². The lowest BCUT2D eigenvalue weighted by Gasteiger charge is -2.18. The molecule has 144 valence electrons. The van der Waals surface area contributed by atoms with Crippen LogP contribution in [0.4, 0.5) is 17.2 Å². The zero-order chi connectivity index (χ0) is 19.7. The zero-order valence-electron chi connectivity index (χ0n) is 15.0. The number of anilines is 3. The molecule has 2 aromatic heterocycles. The molecule has 0 radical (unpaired) electrons. The second kappa shape index (κ2) is 8.00. The number of hydrogen-bond acceptors (Lipinski definition) is 6. The van der Waals surface area contributed by atoms with Crippen molar-refractivity contribution >= 4 is 60.7 Å². The molecule has 2 N–H and O–H groups in total. The van der Waals surface area contributed by atoms with Gasteiger partial charge in [0.05, 0.1) is 46.1 Å². The van der Waals surface area contributed by atoms with Crippen LogP contribution in [0.1, 0.15) is 12.8 Å². The van der Waals surface area contributed by atoms with Crippen LogP contribution in [0.5, 0.6) is 0 Å². The van der Waals surface area contributed by atoms with Gasteiger partial charge in [-0.1, -0.05) is 0 Å². The van der Waals surface area contributed by atoms with Crippen LogP contribution < -0.4 is 15.1 Å². The quantitative estimate of drug-likeness (QED) is 0.614. The molecular formula is C19H18Br2N6O. The molecule has 0 unspecified atom stereocenters. The van der Waals surface area contributed by atoms with Gasteiger partial charge in [-0.15, -0.1) is 0 Å². The lowest BCUT2D eigenvalue weighted by Crippen LogP contribution is -2.25. The van der Waals surface area contributed by atoms with Crippen LogP contribution in [0, 0.1) is 5.41 Å². The van der Waals surface area contributed by atoms with Gasteiger partial charge in [0.25, 0.3) is 5.91 Å². The first-order chi connectivity index (χ1) is 13.5.